The fourth-order valence-electron chi connectivity index (χ4n) is 5.88. The van der Waals surface area contributed by atoms with Gasteiger partial charge >= 0.3 is 0 Å². The van der Waals surface area contributed by atoms with Gasteiger partial charge in [-0.2, -0.15) is 10.2 Å². The van der Waals surface area contributed by atoms with Crippen molar-refractivity contribution in [3.05, 3.63) is 173 Å². The van der Waals surface area contributed by atoms with Crippen LogP contribution in [0.15, 0.2) is 145 Å². The average molecular weight is 708 g/mol. The van der Waals surface area contributed by atoms with E-state index in [2.05, 4.69) is 48.9 Å². The molecule has 262 valence electrons. The smallest absolute Gasteiger partial charge is 0.154 e. The zero-order valence-electron chi connectivity index (χ0n) is 28.7. The highest BCUT2D eigenvalue weighted by Gasteiger charge is 2.20. The van der Waals surface area contributed by atoms with E-state index < -0.39 is 6.04 Å². The summed E-state index contributed by atoms with van der Waals surface area (Å²) in [6.07, 6.45) is 9.20. The van der Waals surface area contributed by atoms with Gasteiger partial charge in [0.15, 0.2) is 11.6 Å². The maximum Gasteiger partial charge on any atom is 0.154 e. The Morgan fingerprint density at radius 3 is 1.71 bits per heavy atom. The number of H-pyrrole nitrogens is 2. The molecule has 0 fully saturated rings. The molecule has 7 rings (SSSR count). The molecule has 0 bridgehead atoms. The van der Waals surface area contributed by atoms with E-state index in [1.807, 2.05) is 114 Å². The molecule has 0 saturated heterocycles. The van der Waals surface area contributed by atoms with Crippen molar-refractivity contribution in [2.45, 2.75) is 44.3 Å². The Morgan fingerprint density at radius 2 is 1.19 bits per heavy atom. The van der Waals surface area contributed by atoms with Crippen LogP contribution in [0.3, 0.4) is 0 Å². The van der Waals surface area contributed by atoms with Gasteiger partial charge in [0.25, 0.3) is 0 Å². The molecular formula is C42H41N7O2S. The van der Waals surface area contributed by atoms with Crippen molar-refractivity contribution < 1.29 is 9.59 Å². The first kappa shape index (κ1) is 36.0. The van der Waals surface area contributed by atoms with Gasteiger partial charge in [-0.3, -0.25) is 19.8 Å². The summed E-state index contributed by atoms with van der Waals surface area (Å²) < 4.78 is 0. The molecule has 3 aromatic heterocycles. The highest BCUT2D eigenvalue weighted by molar-refractivity contribution is 7.07. The Morgan fingerprint density at radius 1 is 0.654 bits per heavy atom. The van der Waals surface area contributed by atoms with Crippen LogP contribution >= 0.6 is 11.3 Å². The van der Waals surface area contributed by atoms with E-state index in [4.69, 9.17) is 5.73 Å². The fourth-order valence-corrected chi connectivity index (χ4v) is 6.44. The Balaban J connectivity index is 0.000000183. The Labute approximate surface area is 307 Å². The molecule has 7 aromatic rings. The van der Waals surface area contributed by atoms with Gasteiger partial charge in [0, 0.05) is 48.3 Å². The summed E-state index contributed by atoms with van der Waals surface area (Å²) in [5.41, 5.74) is 17.2. The molecule has 0 saturated carbocycles. The number of benzene rings is 4. The molecule has 10 heteroatoms. The number of carbonyl (C=O) groups excluding carboxylic acids is 2. The van der Waals surface area contributed by atoms with Crippen LogP contribution in [0.25, 0.3) is 22.3 Å². The van der Waals surface area contributed by atoms with E-state index in [-0.39, 0.29) is 17.6 Å². The van der Waals surface area contributed by atoms with E-state index in [1.54, 1.807) is 23.7 Å². The average Bonchev–Trinajstić information content (AvgIpc) is 4.00. The van der Waals surface area contributed by atoms with E-state index in [0.29, 0.717) is 32.2 Å². The fraction of sp³-hybridized carbons (Fsp3) is 0.167. The molecule has 0 aliphatic rings. The summed E-state index contributed by atoms with van der Waals surface area (Å²) in [4.78, 5) is 29.9. The number of carbonyl (C=O) groups is 2. The number of rotatable bonds is 15. The van der Waals surface area contributed by atoms with Gasteiger partial charge in [-0.1, -0.05) is 109 Å². The second-order valence-corrected chi connectivity index (χ2v) is 13.3. The zero-order chi connectivity index (χ0) is 36.0. The molecule has 4 aromatic carbocycles. The summed E-state index contributed by atoms with van der Waals surface area (Å²) in [5, 5.41) is 19.0. The van der Waals surface area contributed by atoms with Gasteiger partial charge in [0.05, 0.1) is 35.7 Å². The molecule has 0 aliphatic heterocycles. The van der Waals surface area contributed by atoms with Crippen LogP contribution in [0.4, 0.5) is 0 Å². The molecule has 0 aliphatic carbocycles. The lowest BCUT2D eigenvalue weighted by molar-refractivity contribution is -0.120. The van der Waals surface area contributed by atoms with Crippen molar-refractivity contribution in [2.75, 3.05) is 0 Å². The Kier molecular flexibility index (Phi) is 12.8. The minimum absolute atomic E-state index is 0.0539. The second-order valence-electron chi connectivity index (χ2n) is 12.6. The molecule has 3 heterocycles. The largest absolute Gasteiger partial charge is 0.321 e. The number of aromatic amines is 2. The Hall–Kier alpha value is -5.81. The van der Waals surface area contributed by atoms with Gasteiger partial charge in [0.1, 0.15) is 0 Å². The minimum atomic E-state index is -0.477. The number of hydrogen-bond acceptors (Lipinski definition) is 8. The third-order valence-electron chi connectivity index (χ3n) is 8.67. The SMILES string of the molecule is N[C@@H](Cc1ccccc1)C(=O)Cc1cccc(-c2cn[nH]c2)c1.O=C(Cc1cccc(-c2cn[nH]c2)c1)[C@H](Cc1ccccc1)NCc1cscn1. The third kappa shape index (κ3) is 10.6. The number of nitrogens with zero attached hydrogens (tertiary/aromatic N) is 3. The van der Waals surface area contributed by atoms with Gasteiger partial charge in [0.2, 0.25) is 0 Å². The van der Waals surface area contributed by atoms with E-state index in [1.165, 1.54) is 0 Å². The van der Waals surface area contributed by atoms with Crippen molar-refractivity contribution in [3.63, 3.8) is 0 Å². The molecule has 0 amide bonds. The lowest BCUT2D eigenvalue weighted by Gasteiger charge is -2.18. The minimum Gasteiger partial charge on any atom is -0.321 e. The molecular weight excluding hydrogens is 667 g/mol. The number of hydrogen-bond donors (Lipinski definition) is 4. The molecule has 2 atom stereocenters. The number of nitrogens with two attached hydrogens (primary N) is 1. The van der Waals surface area contributed by atoms with Crippen molar-refractivity contribution in [3.8, 4) is 22.3 Å². The van der Waals surface area contributed by atoms with E-state index >= 15 is 0 Å². The molecule has 0 spiro atoms. The number of Topliss-reactive ketones (excluding diaryl/α,β-unsaturated/α-hetero) is 2. The summed E-state index contributed by atoms with van der Waals surface area (Å²) in [5.74, 6) is 0.228. The second kappa shape index (κ2) is 18.4. The number of nitrogens with one attached hydrogen (secondary N) is 3. The maximum absolute atomic E-state index is 13.2. The van der Waals surface area contributed by atoms with Crippen molar-refractivity contribution in [2.24, 2.45) is 5.73 Å². The molecule has 0 unspecified atom stereocenters. The topological polar surface area (TPSA) is 142 Å². The molecule has 5 N–H and O–H groups in total. The number of thiazole rings is 1. The monoisotopic (exact) mass is 707 g/mol. The van der Waals surface area contributed by atoms with Crippen LogP contribution in [0.2, 0.25) is 0 Å². The van der Waals surface area contributed by atoms with Crippen molar-refractivity contribution in [1.82, 2.24) is 30.7 Å². The van der Waals surface area contributed by atoms with Crippen LogP contribution in [0.1, 0.15) is 27.9 Å². The lowest BCUT2D eigenvalue weighted by Crippen LogP contribution is -2.39. The first-order valence-corrected chi connectivity index (χ1v) is 18.1. The number of aromatic nitrogens is 5. The predicted molar refractivity (Wildman–Crippen MR) is 206 cm³/mol. The Bertz CT molecular complexity index is 2100. The maximum atomic E-state index is 13.2. The predicted octanol–water partition coefficient (Wildman–Crippen LogP) is 6.80. The van der Waals surface area contributed by atoms with Crippen LogP contribution in [0, 0.1) is 0 Å². The highest BCUT2D eigenvalue weighted by Crippen LogP contribution is 2.21. The molecule has 0 radical (unpaired) electrons. The third-order valence-corrected chi connectivity index (χ3v) is 9.31. The van der Waals surface area contributed by atoms with E-state index in [9.17, 15) is 9.59 Å². The quantitative estimate of drug-likeness (QED) is 0.0918. The van der Waals surface area contributed by atoms with E-state index in [0.717, 1.165) is 50.2 Å². The standard InChI is InChI=1S/C23H22N4OS.C19H19N3O/c28-23(11-18-7-4-8-19(9-18)20-12-26-27-13-20)22(10-17-5-2-1-3-6-17)24-14-21-15-29-16-25-21;20-18(10-14-5-2-1-3-6-14)19(23)11-15-7-4-8-16(9-15)17-12-21-22-13-17/h1-9,12-13,15-16,22,24H,10-11,14H2,(H,26,27);1-9,12-13,18H,10-11,20H2,(H,21,22)/t22-;18-/m00/s1. The van der Waals surface area contributed by atoms with Gasteiger partial charge < -0.3 is 11.1 Å². The van der Waals surface area contributed by atoms with Crippen LogP contribution in [-0.4, -0.2) is 49.0 Å². The van der Waals surface area contributed by atoms with Crippen LogP contribution in [0.5, 0.6) is 0 Å². The summed E-state index contributed by atoms with van der Waals surface area (Å²) in [6.45, 7) is 0.585. The summed E-state index contributed by atoms with van der Waals surface area (Å²) >= 11 is 1.56. The summed E-state index contributed by atoms with van der Waals surface area (Å²) in [6, 6.07) is 35.2. The van der Waals surface area contributed by atoms with Crippen molar-refractivity contribution >= 4 is 22.9 Å². The summed E-state index contributed by atoms with van der Waals surface area (Å²) in [7, 11) is 0. The first-order valence-electron chi connectivity index (χ1n) is 17.2. The first-order chi connectivity index (χ1) is 25.5. The van der Waals surface area contributed by atoms with Gasteiger partial charge in [-0.05, 0) is 46.2 Å². The lowest BCUT2D eigenvalue weighted by atomic mass is 9.96. The van der Waals surface area contributed by atoms with Gasteiger partial charge in [-0.25, -0.2) is 4.98 Å². The molecule has 9 nitrogen and oxygen atoms in total. The van der Waals surface area contributed by atoms with Crippen LogP contribution < -0.4 is 11.1 Å². The molecule has 52 heavy (non-hydrogen) atoms. The number of ketones is 2. The van der Waals surface area contributed by atoms with Crippen LogP contribution in [-0.2, 0) is 41.8 Å². The normalized spacial score (nSPS) is 12.0. The zero-order valence-corrected chi connectivity index (χ0v) is 29.5. The van der Waals surface area contributed by atoms with Gasteiger partial charge in [-0.15, -0.1) is 11.3 Å². The highest BCUT2D eigenvalue weighted by atomic mass is 32.1. The van der Waals surface area contributed by atoms with Crippen molar-refractivity contribution in [1.29, 1.82) is 0 Å².